The van der Waals surface area contributed by atoms with E-state index in [9.17, 15) is 14.4 Å². The number of rotatable bonds is 12. The summed E-state index contributed by atoms with van der Waals surface area (Å²) in [4.78, 5) is 41.5. The van der Waals surface area contributed by atoms with Crippen molar-refractivity contribution in [2.45, 2.75) is 44.6 Å². The molecular formula is C20H37N5O4. The van der Waals surface area contributed by atoms with E-state index in [1.54, 1.807) is 0 Å². The first kappa shape index (κ1) is 23.6. The number of nitrogens with zero attached hydrogens (tertiary/aromatic N) is 3. The van der Waals surface area contributed by atoms with Crippen LogP contribution in [0.15, 0.2) is 0 Å². The second-order valence-corrected chi connectivity index (χ2v) is 8.17. The van der Waals surface area contributed by atoms with Crippen molar-refractivity contribution < 1.29 is 19.5 Å². The molecule has 0 aromatic heterocycles. The van der Waals surface area contributed by atoms with Gasteiger partial charge in [0.1, 0.15) is 0 Å². The zero-order chi connectivity index (χ0) is 21.1. The molecule has 2 aliphatic heterocycles. The number of likely N-dealkylation sites (tertiary alicyclic amines) is 1. The molecule has 0 aromatic carbocycles. The molecule has 0 bridgehead atoms. The van der Waals surface area contributed by atoms with Crippen LogP contribution in [-0.4, -0.2) is 110 Å². The van der Waals surface area contributed by atoms with E-state index in [1.807, 2.05) is 0 Å². The predicted molar refractivity (Wildman–Crippen MR) is 111 cm³/mol. The van der Waals surface area contributed by atoms with Crippen molar-refractivity contribution in [3.8, 4) is 0 Å². The lowest BCUT2D eigenvalue weighted by atomic mass is 10.3. The van der Waals surface area contributed by atoms with Gasteiger partial charge in [-0.25, -0.2) is 0 Å². The van der Waals surface area contributed by atoms with Crippen molar-refractivity contribution in [3.63, 3.8) is 0 Å². The minimum Gasteiger partial charge on any atom is -0.481 e. The van der Waals surface area contributed by atoms with Crippen molar-refractivity contribution in [3.05, 3.63) is 0 Å². The Labute approximate surface area is 173 Å². The van der Waals surface area contributed by atoms with Crippen LogP contribution in [0.25, 0.3) is 0 Å². The Kier molecular flexibility index (Phi) is 10.4. The highest BCUT2D eigenvalue weighted by Gasteiger charge is 2.28. The molecule has 166 valence electrons. The lowest BCUT2D eigenvalue weighted by Crippen LogP contribution is -2.50. The maximum absolute atomic E-state index is 12.3. The van der Waals surface area contributed by atoms with Gasteiger partial charge in [-0.1, -0.05) is 0 Å². The van der Waals surface area contributed by atoms with Crippen LogP contribution >= 0.6 is 0 Å². The van der Waals surface area contributed by atoms with Crippen LogP contribution in [0.5, 0.6) is 0 Å². The number of carbonyl (C=O) groups excluding carboxylic acids is 2. The van der Waals surface area contributed by atoms with E-state index in [0.29, 0.717) is 44.9 Å². The topological polar surface area (TPSA) is 105 Å². The average molecular weight is 425 g/mol. The summed E-state index contributed by atoms with van der Waals surface area (Å²) in [5.41, 5.74) is 0. The molecule has 2 heterocycles. The summed E-state index contributed by atoms with van der Waals surface area (Å²) in [6.45, 7) is 7.74. The third-order valence-corrected chi connectivity index (χ3v) is 5.70. The number of hydrogen-bond acceptors (Lipinski definition) is 6. The first-order chi connectivity index (χ1) is 13.9. The number of aliphatic carboxylic acids is 1. The monoisotopic (exact) mass is 425 g/mol. The minimum absolute atomic E-state index is 0.0251. The van der Waals surface area contributed by atoms with Crippen LogP contribution in [0.1, 0.15) is 38.5 Å². The summed E-state index contributed by atoms with van der Waals surface area (Å²) in [6.07, 6.45) is 3.71. The Morgan fingerprint density at radius 2 is 1.59 bits per heavy atom. The number of carboxylic acid groups (broad SMARTS) is 1. The fraction of sp³-hybridized carbons (Fsp3) is 0.850. The summed E-state index contributed by atoms with van der Waals surface area (Å²) in [5.74, 6) is -0.931. The van der Waals surface area contributed by atoms with Crippen LogP contribution < -0.4 is 10.6 Å². The first-order valence-corrected chi connectivity index (χ1v) is 10.8. The zero-order valence-corrected chi connectivity index (χ0v) is 17.7. The molecule has 2 fully saturated rings. The molecule has 2 aliphatic rings. The van der Waals surface area contributed by atoms with Crippen molar-refractivity contribution in [1.29, 1.82) is 0 Å². The van der Waals surface area contributed by atoms with Gasteiger partial charge in [0.15, 0.2) is 0 Å². The molecule has 3 N–H and O–H groups in total. The molecule has 0 saturated carbocycles. The van der Waals surface area contributed by atoms with Gasteiger partial charge in [-0.05, 0) is 39.3 Å². The molecule has 29 heavy (non-hydrogen) atoms. The van der Waals surface area contributed by atoms with Gasteiger partial charge in [0.2, 0.25) is 11.8 Å². The van der Waals surface area contributed by atoms with Gasteiger partial charge in [0.25, 0.3) is 0 Å². The van der Waals surface area contributed by atoms with Crippen LogP contribution in [-0.2, 0) is 14.4 Å². The van der Waals surface area contributed by atoms with E-state index in [-0.39, 0.29) is 18.2 Å². The lowest BCUT2D eigenvalue weighted by Gasteiger charge is -2.36. The van der Waals surface area contributed by atoms with Crippen LogP contribution in [0.4, 0.5) is 0 Å². The number of carbonyl (C=O) groups is 3. The van der Waals surface area contributed by atoms with Crippen LogP contribution in [0.3, 0.4) is 0 Å². The number of amides is 2. The van der Waals surface area contributed by atoms with E-state index >= 15 is 0 Å². The van der Waals surface area contributed by atoms with Gasteiger partial charge in [-0.3, -0.25) is 24.2 Å². The van der Waals surface area contributed by atoms with E-state index < -0.39 is 5.97 Å². The Morgan fingerprint density at radius 1 is 0.931 bits per heavy atom. The average Bonchev–Trinajstić information content (AvgIpc) is 3.10. The van der Waals surface area contributed by atoms with Gasteiger partial charge < -0.3 is 20.6 Å². The van der Waals surface area contributed by atoms with E-state index in [4.69, 9.17) is 5.11 Å². The van der Waals surface area contributed by atoms with Crippen molar-refractivity contribution >= 4 is 17.8 Å². The second-order valence-electron chi connectivity index (χ2n) is 8.17. The molecular weight excluding hydrogens is 388 g/mol. The molecule has 9 heteroatoms. The highest BCUT2D eigenvalue weighted by atomic mass is 16.4. The number of piperazine rings is 1. The fourth-order valence-electron chi connectivity index (χ4n) is 3.91. The molecule has 0 radical (unpaired) electrons. The van der Waals surface area contributed by atoms with Crippen LogP contribution in [0.2, 0.25) is 0 Å². The summed E-state index contributed by atoms with van der Waals surface area (Å²) >= 11 is 0. The summed E-state index contributed by atoms with van der Waals surface area (Å²) in [5, 5.41) is 14.2. The number of carboxylic acids is 1. The Bertz CT molecular complexity index is 537. The maximum Gasteiger partial charge on any atom is 0.303 e. The molecule has 1 unspecified atom stereocenters. The first-order valence-electron chi connectivity index (χ1n) is 10.8. The fourth-order valence-corrected chi connectivity index (χ4v) is 3.91. The smallest absolute Gasteiger partial charge is 0.303 e. The summed E-state index contributed by atoms with van der Waals surface area (Å²) in [7, 11) is 2.16. The van der Waals surface area contributed by atoms with Crippen molar-refractivity contribution in [1.82, 2.24) is 25.3 Å². The Hall–Kier alpha value is -1.71. The SMILES string of the molecule is C[15N]1[13CH2][13CH2]N([13CH2][13CH]2[13CH2][13CH2][13CH2][15N]2CC(=O)NCC[13CH2][13C](=O)[15NH]CCCC(=O)O)[13CH2][13CH2]1. The number of likely N-dealkylation sites (N-methyl/N-ethyl adjacent to an activating group) is 1. The summed E-state index contributed by atoms with van der Waals surface area (Å²) < 4.78 is 0. The maximum atomic E-state index is 12.3. The molecule has 0 aliphatic carbocycles. The highest BCUT2D eigenvalue weighted by Crippen LogP contribution is 2.18. The molecule has 2 rings (SSSR count). The highest BCUT2D eigenvalue weighted by molar-refractivity contribution is 5.78. The Balaban J connectivity index is 1.55. The largest absolute Gasteiger partial charge is 0.481 e. The lowest BCUT2D eigenvalue weighted by molar-refractivity contribution is -0.137. The third-order valence-electron chi connectivity index (χ3n) is 5.70. The van der Waals surface area contributed by atoms with Gasteiger partial charge in [-0.15, -0.1) is 0 Å². The quantitative estimate of drug-likeness (QED) is 0.222. The van der Waals surface area contributed by atoms with Gasteiger partial charge in [-0.2, -0.15) is 0 Å². The second kappa shape index (κ2) is 12.8. The van der Waals surface area contributed by atoms with E-state index in [2.05, 4.69) is 32.4 Å². The predicted octanol–water partition coefficient (Wildman–Crippen LogP) is -0.424. The Morgan fingerprint density at radius 3 is 2.28 bits per heavy atom. The van der Waals surface area contributed by atoms with Crippen LogP contribution in [0, 0.1) is 0 Å². The number of nitrogens with one attached hydrogen (secondary N) is 2. The van der Waals surface area contributed by atoms with Gasteiger partial charge >= 0.3 is 5.97 Å². The van der Waals surface area contributed by atoms with Crippen molar-refractivity contribution in [2.75, 3.05) is 66.0 Å². The minimum atomic E-state index is -0.856. The van der Waals surface area contributed by atoms with Crippen molar-refractivity contribution in [2.24, 2.45) is 0 Å². The molecule has 9 nitrogen and oxygen atoms in total. The number of hydrogen-bond donors (Lipinski definition) is 3. The van der Waals surface area contributed by atoms with E-state index in [1.165, 1.54) is 0 Å². The normalized spacial score (nSPS) is 21.2. The molecule has 2 saturated heterocycles. The third kappa shape index (κ3) is 9.56. The van der Waals surface area contributed by atoms with Gasteiger partial charge in [0.05, 0.1) is 6.54 Å². The molecule has 1 atom stereocenters. The van der Waals surface area contributed by atoms with E-state index in [0.717, 1.165) is 52.1 Å². The summed E-state index contributed by atoms with van der Waals surface area (Å²) in [6, 6.07) is 0.459. The van der Waals surface area contributed by atoms with Gasteiger partial charge in [0, 0.05) is 64.7 Å². The molecule has 0 aromatic rings. The molecule has 0 spiro atoms. The zero-order valence-electron chi connectivity index (χ0n) is 17.7. The standard InChI is InChI=1S/C20H37N5O4/c1-23-11-13-24(14-12-23)15-17-5-4-10-25(17)16-19(27)22-8-2-6-18(26)21-9-3-7-20(28)29/h17H,2-16H2,1H3,(H,21,26)(H,22,27)(H,28,29)/i4+1,5+1,6+1,10+1,11+1,12+1,13+1,14+1,15+1,17+1,18+1,21+1,23+1,25+1. The molecule has 2 amide bonds.